The summed E-state index contributed by atoms with van der Waals surface area (Å²) >= 11 is 1.05. The molecule has 0 aromatic carbocycles. The Morgan fingerprint density at radius 1 is 1.29 bits per heavy atom. The molecule has 3 rings (SSSR count). The van der Waals surface area contributed by atoms with Gasteiger partial charge in [0.1, 0.15) is 0 Å². The molecular formula is C14H24I2N2O3. The summed E-state index contributed by atoms with van der Waals surface area (Å²) in [6.07, 6.45) is 2.42. The maximum absolute atomic E-state index is 12.3. The van der Waals surface area contributed by atoms with Gasteiger partial charge in [-0.1, -0.05) is 0 Å². The zero-order valence-corrected chi connectivity index (χ0v) is 17.5. The molecule has 0 amide bonds. The Morgan fingerprint density at radius 2 is 1.76 bits per heavy atom. The second kappa shape index (κ2) is 4.90. The van der Waals surface area contributed by atoms with Crippen LogP contribution < -0.4 is 7.06 Å². The van der Waals surface area contributed by atoms with Gasteiger partial charge in [0, 0.05) is 0 Å². The van der Waals surface area contributed by atoms with Crippen LogP contribution in [-0.4, -0.2) is 26.0 Å². The number of fused-ring (bicyclic) bond motifs is 1. The topological polar surface area (TPSA) is 79.4 Å². The molecule has 0 bridgehead atoms. The van der Waals surface area contributed by atoms with Crippen LogP contribution in [0.4, 0.5) is 0 Å². The summed E-state index contributed by atoms with van der Waals surface area (Å²) in [7, 11) is 0. The second-order valence-electron chi connectivity index (χ2n) is 7.71. The Kier molecular flexibility index (Phi) is 3.89. The van der Waals surface area contributed by atoms with Gasteiger partial charge in [0.15, 0.2) is 0 Å². The van der Waals surface area contributed by atoms with E-state index in [1.807, 2.05) is 6.92 Å². The van der Waals surface area contributed by atoms with E-state index in [1.165, 1.54) is 0 Å². The minimum atomic E-state index is -1.15. The van der Waals surface area contributed by atoms with Crippen LogP contribution in [0.1, 0.15) is 47.5 Å². The third kappa shape index (κ3) is 2.64. The van der Waals surface area contributed by atoms with Gasteiger partial charge in [0.05, 0.1) is 0 Å². The molecule has 1 atom stereocenters. The maximum atomic E-state index is 12.3. The van der Waals surface area contributed by atoms with Gasteiger partial charge >= 0.3 is 149 Å². The molecule has 7 heteroatoms. The second-order valence-corrected chi connectivity index (χ2v) is 14.2. The van der Waals surface area contributed by atoms with Gasteiger partial charge in [-0.2, -0.15) is 0 Å². The normalized spacial score (nSPS) is 32.2. The molecule has 0 aromatic heterocycles. The van der Waals surface area contributed by atoms with E-state index in [1.54, 1.807) is 0 Å². The van der Waals surface area contributed by atoms with Crippen LogP contribution in [-0.2, 0) is 14.3 Å². The molecule has 0 spiro atoms. The van der Waals surface area contributed by atoms with Crippen molar-refractivity contribution >= 4 is 48.9 Å². The number of esters is 1. The van der Waals surface area contributed by atoms with Crippen LogP contribution in [0.3, 0.4) is 0 Å². The van der Waals surface area contributed by atoms with Crippen molar-refractivity contribution in [2.24, 2.45) is 10.8 Å². The van der Waals surface area contributed by atoms with Crippen molar-refractivity contribution in [3.63, 3.8) is 0 Å². The fourth-order valence-corrected chi connectivity index (χ4v) is 11.2. The van der Waals surface area contributed by atoms with Crippen molar-refractivity contribution in [2.75, 3.05) is 6.79 Å². The van der Waals surface area contributed by atoms with Crippen LogP contribution in [0.25, 0.3) is 0 Å². The summed E-state index contributed by atoms with van der Waals surface area (Å²) < 4.78 is 17.6. The van der Waals surface area contributed by atoms with Crippen molar-refractivity contribution in [3.8, 4) is 0 Å². The molecule has 0 radical (unpaired) electrons. The van der Waals surface area contributed by atoms with Gasteiger partial charge < -0.3 is 0 Å². The molecule has 1 aliphatic carbocycles. The number of ether oxygens (including phenoxy) is 2. The van der Waals surface area contributed by atoms with Crippen LogP contribution in [0.5, 0.6) is 0 Å². The molecule has 3 fully saturated rings. The Balaban J connectivity index is 1.53. The molecule has 21 heavy (non-hydrogen) atoms. The third-order valence-corrected chi connectivity index (χ3v) is 12.1. The first-order valence-corrected chi connectivity index (χ1v) is 11.6. The molecular weight excluding hydrogens is 498 g/mol. The van der Waals surface area contributed by atoms with Crippen molar-refractivity contribution < 1.29 is 14.3 Å². The predicted molar refractivity (Wildman–Crippen MR) is 98.1 cm³/mol. The van der Waals surface area contributed by atoms with Crippen LogP contribution in [0.2, 0.25) is 0 Å². The Hall–Kier alpha value is 0.810. The summed E-state index contributed by atoms with van der Waals surface area (Å²) in [5, 5.41) is 0. The SMILES string of the molecule is CC1(C)CCC(C)(C)C1OCOC(=O)C(C)(I)C12NI1N2. The molecule has 0 aromatic rings. The summed E-state index contributed by atoms with van der Waals surface area (Å²) in [4.78, 5) is 12.3. The number of hydrogen-bond donors (Lipinski definition) is 2. The minimum absolute atomic E-state index is 0.0548. The van der Waals surface area contributed by atoms with Gasteiger partial charge in [0.2, 0.25) is 0 Å². The number of rotatable bonds is 5. The molecule has 5 nitrogen and oxygen atoms in total. The Labute approximate surface area is 147 Å². The van der Waals surface area contributed by atoms with Crippen LogP contribution in [0, 0.1) is 10.8 Å². The van der Waals surface area contributed by atoms with Gasteiger partial charge in [0.25, 0.3) is 0 Å². The van der Waals surface area contributed by atoms with E-state index >= 15 is 0 Å². The zero-order valence-electron chi connectivity index (χ0n) is 13.2. The first kappa shape index (κ1) is 16.7. The summed E-state index contributed by atoms with van der Waals surface area (Å²) in [5.41, 5.74) is 0.272. The van der Waals surface area contributed by atoms with E-state index in [-0.39, 0.29) is 33.4 Å². The van der Waals surface area contributed by atoms with Gasteiger partial charge in [-0.25, -0.2) is 0 Å². The number of hydrogen-bond acceptors (Lipinski definition) is 5. The molecule has 1 unspecified atom stereocenters. The molecule has 122 valence electrons. The number of halogens is 2. The van der Waals surface area contributed by atoms with E-state index in [9.17, 15) is 4.79 Å². The van der Waals surface area contributed by atoms with E-state index < -0.39 is 23.8 Å². The van der Waals surface area contributed by atoms with E-state index in [0.29, 0.717) is 0 Å². The van der Waals surface area contributed by atoms with E-state index in [2.05, 4.69) is 57.3 Å². The van der Waals surface area contributed by atoms with Gasteiger partial charge in [-0.15, -0.1) is 0 Å². The number of nitrogens with one attached hydrogen (secondary N) is 2. The standard InChI is InChI=1S/C14H24I2N2O3/c1-11(2)6-7-12(3,4)9(11)20-8-21-10(19)13(5,15)14-16(17-14)18-14/h9,17-18H,6-8H2,1-5H3. The van der Waals surface area contributed by atoms with E-state index in [0.717, 1.165) is 12.8 Å². The van der Waals surface area contributed by atoms with Crippen LogP contribution in [0.15, 0.2) is 0 Å². The van der Waals surface area contributed by atoms with Crippen molar-refractivity contribution in [3.05, 3.63) is 0 Å². The predicted octanol–water partition coefficient (Wildman–Crippen LogP) is 3.11. The zero-order chi connectivity index (χ0) is 15.7. The third-order valence-electron chi connectivity index (χ3n) is 4.95. The number of alkyl halides is 2. The monoisotopic (exact) mass is 522 g/mol. The van der Waals surface area contributed by atoms with Crippen LogP contribution >= 0.6 is 43.0 Å². The summed E-state index contributed by atoms with van der Waals surface area (Å²) in [6.45, 7) is 10.9. The van der Waals surface area contributed by atoms with Crippen molar-refractivity contribution in [2.45, 2.75) is 60.7 Å². The van der Waals surface area contributed by atoms with Gasteiger partial charge in [-0.05, 0) is 0 Å². The molecule has 3 aliphatic rings. The summed E-state index contributed by atoms with van der Waals surface area (Å²) in [5.74, 6) is -0.186. The molecule has 2 saturated heterocycles. The summed E-state index contributed by atoms with van der Waals surface area (Å²) in [6, 6.07) is 0. The Bertz CT molecular complexity index is 457. The molecule has 2 aliphatic heterocycles. The number of carbonyl (C=O) groups is 1. The average molecular weight is 522 g/mol. The average Bonchev–Trinajstić information content (AvgIpc) is 3.18. The molecule has 1 saturated carbocycles. The van der Waals surface area contributed by atoms with Crippen molar-refractivity contribution in [1.82, 2.24) is 7.06 Å². The first-order valence-electron chi connectivity index (χ1n) is 7.26. The first-order chi connectivity index (χ1) is 9.53. The Morgan fingerprint density at radius 3 is 2.19 bits per heavy atom. The quantitative estimate of drug-likeness (QED) is 0.110. The number of carbonyl (C=O) groups excluding carboxylic acids is 1. The fourth-order valence-electron chi connectivity index (χ4n) is 3.43. The van der Waals surface area contributed by atoms with E-state index in [4.69, 9.17) is 9.47 Å². The molecule has 2 heterocycles. The van der Waals surface area contributed by atoms with Crippen molar-refractivity contribution in [1.29, 1.82) is 0 Å². The molecule has 2 N–H and O–H groups in total. The fraction of sp³-hybridized carbons (Fsp3) is 0.929. The van der Waals surface area contributed by atoms with Gasteiger partial charge in [-0.3, -0.25) is 0 Å².